The molecule has 1 aliphatic heterocycles. The van der Waals surface area contributed by atoms with Gasteiger partial charge in [0.25, 0.3) is 0 Å². The van der Waals surface area contributed by atoms with Gasteiger partial charge in [0.1, 0.15) is 12.1 Å². The Bertz CT molecular complexity index is 673. The highest BCUT2D eigenvalue weighted by Gasteiger charge is 2.36. The van der Waals surface area contributed by atoms with Crippen LogP contribution in [0.4, 0.5) is 5.82 Å². The number of fused-ring (bicyclic) bond motifs is 1. The monoisotopic (exact) mass is 288 g/mol. The predicted molar refractivity (Wildman–Crippen MR) is 79.0 cm³/mol. The molecule has 3 heterocycles. The number of aryl methyl sites for hydroxylation is 1. The maximum absolute atomic E-state index is 12.0. The fraction of sp³-hybridized carbons (Fsp3) is 0.500. The summed E-state index contributed by atoms with van der Waals surface area (Å²) >= 11 is 1.68. The molecule has 20 heavy (non-hydrogen) atoms. The summed E-state index contributed by atoms with van der Waals surface area (Å²) < 4.78 is 1.13. The van der Waals surface area contributed by atoms with E-state index in [0.717, 1.165) is 42.0 Å². The number of amides is 1. The zero-order valence-corrected chi connectivity index (χ0v) is 12.1. The molecule has 1 saturated carbocycles. The molecule has 1 N–H and O–H groups in total. The van der Waals surface area contributed by atoms with Gasteiger partial charge in [0.2, 0.25) is 5.91 Å². The Labute approximate surface area is 121 Å². The average Bonchev–Trinajstić information content (AvgIpc) is 3.11. The number of hydrogen-bond acceptors (Lipinski definition) is 5. The molecule has 104 valence electrons. The van der Waals surface area contributed by atoms with Crippen molar-refractivity contribution in [2.75, 3.05) is 18.0 Å². The van der Waals surface area contributed by atoms with E-state index >= 15 is 0 Å². The lowest BCUT2D eigenvalue weighted by atomic mass is 9.99. The third-order valence-electron chi connectivity index (χ3n) is 3.99. The van der Waals surface area contributed by atoms with Gasteiger partial charge in [-0.25, -0.2) is 9.97 Å². The van der Waals surface area contributed by atoms with Crippen LogP contribution in [0.1, 0.15) is 18.4 Å². The predicted octanol–water partition coefficient (Wildman–Crippen LogP) is 1.71. The summed E-state index contributed by atoms with van der Waals surface area (Å²) in [6, 6.07) is 0.447. The summed E-state index contributed by atoms with van der Waals surface area (Å²) in [5, 5.41) is 5.18. The number of nitrogens with zero attached hydrogens (tertiary/aromatic N) is 3. The van der Waals surface area contributed by atoms with Gasteiger partial charge in [0.15, 0.2) is 0 Å². The third kappa shape index (κ3) is 1.95. The number of carbonyl (C=O) groups excluding carboxylic acids is 1. The minimum absolute atomic E-state index is 0.113. The molecule has 6 heteroatoms. The Balaban J connectivity index is 1.50. The van der Waals surface area contributed by atoms with Crippen molar-refractivity contribution in [2.24, 2.45) is 5.92 Å². The molecule has 2 fully saturated rings. The van der Waals surface area contributed by atoms with Gasteiger partial charge in [-0.2, -0.15) is 0 Å². The number of hydrogen-bond donors (Lipinski definition) is 1. The van der Waals surface area contributed by atoms with Crippen molar-refractivity contribution in [1.29, 1.82) is 0 Å². The first kappa shape index (κ1) is 12.1. The molecule has 0 radical (unpaired) electrons. The highest BCUT2D eigenvalue weighted by molar-refractivity contribution is 7.18. The van der Waals surface area contributed by atoms with Crippen LogP contribution in [0.15, 0.2) is 11.7 Å². The van der Waals surface area contributed by atoms with Gasteiger partial charge in [-0.3, -0.25) is 4.79 Å². The molecule has 0 spiro atoms. The summed E-state index contributed by atoms with van der Waals surface area (Å²) in [6.45, 7) is 3.60. The molecule has 0 atom stereocenters. The van der Waals surface area contributed by atoms with Crippen molar-refractivity contribution in [1.82, 2.24) is 15.3 Å². The van der Waals surface area contributed by atoms with Gasteiger partial charge in [-0.1, -0.05) is 0 Å². The molecule has 4 rings (SSSR count). The fourth-order valence-electron chi connectivity index (χ4n) is 2.55. The zero-order chi connectivity index (χ0) is 13.7. The highest BCUT2D eigenvalue weighted by atomic mass is 32.1. The first-order chi connectivity index (χ1) is 9.72. The fourth-order valence-corrected chi connectivity index (χ4v) is 3.57. The van der Waals surface area contributed by atoms with Gasteiger partial charge in [-0.15, -0.1) is 11.3 Å². The van der Waals surface area contributed by atoms with Crippen molar-refractivity contribution in [2.45, 2.75) is 25.8 Å². The van der Waals surface area contributed by atoms with E-state index in [9.17, 15) is 4.79 Å². The molecular weight excluding hydrogens is 272 g/mol. The minimum atomic E-state index is 0.113. The van der Waals surface area contributed by atoms with Crippen molar-refractivity contribution in [3.05, 3.63) is 17.3 Å². The highest BCUT2D eigenvalue weighted by Crippen LogP contribution is 2.34. The SMILES string of the molecule is Cc1csc2c(N3CC(C(=O)NC4CC4)C3)ncnc12. The number of carbonyl (C=O) groups is 1. The van der Waals surface area contributed by atoms with Gasteiger partial charge < -0.3 is 10.2 Å². The Morgan fingerprint density at radius 3 is 2.95 bits per heavy atom. The van der Waals surface area contributed by atoms with Crippen LogP contribution in [0.25, 0.3) is 10.2 Å². The van der Waals surface area contributed by atoms with Crippen LogP contribution >= 0.6 is 11.3 Å². The third-order valence-corrected chi connectivity index (χ3v) is 5.07. The first-order valence-corrected chi connectivity index (χ1v) is 7.84. The topological polar surface area (TPSA) is 58.1 Å². The van der Waals surface area contributed by atoms with Crippen LogP contribution in [-0.2, 0) is 4.79 Å². The van der Waals surface area contributed by atoms with E-state index in [1.807, 2.05) is 0 Å². The molecule has 5 nitrogen and oxygen atoms in total. The maximum atomic E-state index is 12.0. The summed E-state index contributed by atoms with van der Waals surface area (Å²) in [7, 11) is 0. The molecule has 1 saturated heterocycles. The quantitative estimate of drug-likeness (QED) is 0.934. The smallest absolute Gasteiger partial charge is 0.226 e. The first-order valence-electron chi connectivity index (χ1n) is 6.96. The average molecular weight is 288 g/mol. The normalized spacial score (nSPS) is 19.1. The Morgan fingerprint density at radius 2 is 2.20 bits per heavy atom. The summed E-state index contributed by atoms with van der Waals surface area (Å²) in [5.74, 6) is 1.29. The van der Waals surface area contributed by atoms with Crippen molar-refractivity contribution in [3.63, 3.8) is 0 Å². The van der Waals surface area contributed by atoms with Crippen LogP contribution in [-0.4, -0.2) is 35.0 Å². The number of anilines is 1. The summed E-state index contributed by atoms with van der Waals surface area (Å²) in [5.41, 5.74) is 2.23. The van der Waals surface area contributed by atoms with E-state index in [1.54, 1.807) is 17.7 Å². The van der Waals surface area contributed by atoms with Crippen molar-refractivity contribution >= 4 is 33.3 Å². The van der Waals surface area contributed by atoms with Crippen LogP contribution in [0.2, 0.25) is 0 Å². The molecular formula is C14H16N4OS. The van der Waals surface area contributed by atoms with Crippen LogP contribution in [0, 0.1) is 12.8 Å². The van der Waals surface area contributed by atoms with E-state index in [-0.39, 0.29) is 11.8 Å². The number of rotatable bonds is 3. The van der Waals surface area contributed by atoms with Crippen LogP contribution < -0.4 is 10.2 Å². The van der Waals surface area contributed by atoms with E-state index < -0.39 is 0 Å². The van der Waals surface area contributed by atoms with E-state index in [1.165, 1.54) is 5.56 Å². The minimum Gasteiger partial charge on any atom is -0.354 e. The van der Waals surface area contributed by atoms with Gasteiger partial charge in [-0.05, 0) is 30.7 Å². The Kier molecular flexibility index (Phi) is 2.66. The number of nitrogens with one attached hydrogen (secondary N) is 1. The van der Waals surface area contributed by atoms with Crippen molar-refractivity contribution in [3.8, 4) is 0 Å². The van der Waals surface area contributed by atoms with Crippen LogP contribution in [0.5, 0.6) is 0 Å². The second-order valence-corrected chi connectivity index (χ2v) is 6.56. The summed E-state index contributed by atoms with van der Waals surface area (Å²) in [6.07, 6.45) is 3.90. The van der Waals surface area contributed by atoms with Gasteiger partial charge in [0.05, 0.1) is 16.1 Å². The number of aromatic nitrogens is 2. The lowest BCUT2D eigenvalue weighted by molar-refractivity contribution is -0.125. The lowest BCUT2D eigenvalue weighted by Crippen LogP contribution is -2.54. The van der Waals surface area contributed by atoms with Crippen LogP contribution in [0.3, 0.4) is 0 Å². The second kappa shape index (κ2) is 4.41. The molecule has 0 bridgehead atoms. The van der Waals surface area contributed by atoms with Crippen molar-refractivity contribution < 1.29 is 4.79 Å². The standard InChI is InChI=1S/C14H16N4OS/c1-8-6-20-12-11(8)15-7-16-13(12)18-4-9(5-18)14(19)17-10-2-3-10/h6-7,9-10H,2-5H2,1H3,(H,17,19). The van der Waals surface area contributed by atoms with Gasteiger partial charge >= 0.3 is 0 Å². The molecule has 2 aromatic rings. The Morgan fingerprint density at radius 1 is 1.40 bits per heavy atom. The zero-order valence-electron chi connectivity index (χ0n) is 11.3. The Hall–Kier alpha value is -1.69. The molecule has 0 aromatic carbocycles. The lowest BCUT2D eigenvalue weighted by Gasteiger charge is -2.39. The number of thiophene rings is 1. The van der Waals surface area contributed by atoms with Gasteiger partial charge in [0, 0.05) is 19.1 Å². The summed E-state index contributed by atoms with van der Waals surface area (Å²) in [4.78, 5) is 22.9. The van der Waals surface area contributed by atoms with E-state index in [0.29, 0.717) is 6.04 Å². The maximum Gasteiger partial charge on any atom is 0.226 e. The molecule has 2 aromatic heterocycles. The molecule has 1 aliphatic carbocycles. The molecule has 1 amide bonds. The second-order valence-electron chi connectivity index (χ2n) is 5.68. The van der Waals surface area contributed by atoms with E-state index in [2.05, 4.69) is 32.5 Å². The molecule has 2 aliphatic rings. The molecule has 0 unspecified atom stereocenters. The van der Waals surface area contributed by atoms with E-state index in [4.69, 9.17) is 0 Å². The largest absolute Gasteiger partial charge is 0.354 e.